The highest BCUT2D eigenvalue weighted by Crippen LogP contribution is 2.06. The van der Waals surface area contributed by atoms with Crippen molar-refractivity contribution in [3.63, 3.8) is 0 Å². The Morgan fingerprint density at radius 1 is 1.61 bits per heavy atom. The molecule has 8 heteroatoms. The van der Waals surface area contributed by atoms with Crippen molar-refractivity contribution in [3.8, 4) is 0 Å². The Labute approximate surface area is 112 Å². The highest BCUT2D eigenvalue weighted by molar-refractivity contribution is 5.85. The van der Waals surface area contributed by atoms with Crippen molar-refractivity contribution in [2.75, 3.05) is 26.2 Å². The number of halogens is 1. The van der Waals surface area contributed by atoms with Crippen LogP contribution in [-0.2, 0) is 6.54 Å². The summed E-state index contributed by atoms with van der Waals surface area (Å²) in [5, 5.41) is 17.7. The Kier molecular flexibility index (Phi) is 5.52. The van der Waals surface area contributed by atoms with Crippen LogP contribution in [0, 0.1) is 10.1 Å². The third kappa shape index (κ3) is 3.66. The minimum Gasteiger partial charge on any atom is -0.358 e. The maximum atomic E-state index is 10.5. The van der Waals surface area contributed by atoms with E-state index in [4.69, 9.17) is 0 Å². The summed E-state index contributed by atoms with van der Waals surface area (Å²) in [5.74, 6) is -0.0849. The Balaban J connectivity index is 0.00000162. The Morgan fingerprint density at radius 2 is 2.39 bits per heavy atom. The summed E-state index contributed by atoms with van der Waals surface area (Å²) in [6.45, 7) is 6.77. The van der Waals surface area contributed by atoms with Gasteiger partial charge in [0, 0.05) is 32.2 Å². The van der Waals surface area contributed by atoms with E-state index in [-0.39, 0.29) is 18.2 Å². The summed E-state index contributed by atoms with van der Waals surface area (Å²) in [7, 11) is 0. The lowest BCUT2D eigenvalue weighted by molar-refractivity contribution is -0.389. The van der Waals surface area contributed by atoms with Crippen LogP contribution in [0.15, 0.2) is 12.3 Å². The third-order valence-corrected chi connectivity index (χ3v) is 3.07. The number of nitrogens with zero attached hydrogens (tertiary/aromatic N) is 4. The fourth-order valence-electron chi connectivity index (χ4n) is 2.02. The number of rotatable bonds is 4. The number of hydrogen-bond donors (Lipinski definition) is 1. The SMILES string of the molecule is C[C@@H]1CNCCN1CCn1ccc([N+](=O)[O-])n1.Cl. The van der Waals surface area contributed by atoms with Gasteiger partial charge in [-0.3, -0.25) is 4.90 Å². The molecule has 0 aromatic carbocycles. The molecule has 1 aromatic heterocycles. The first-order chi connectivity index (χ1) is 8.16. The molecule has 1 saturated heterocycles. The van der Waals surface area contributed by atoms with Crippen molar-refractivity contribution >= 4 is 18.2 Å². The average molecular weight is 276 g/mol. The van der Waals surface area contributed by atoms with Gasteiger partial charge < -0.3 is 15.4 Å². The second-order valence-corrected chi connectivity index (χ2v) is 4.28. The van der Waals surface area contributed by atoms with Crippen molar-refractivity contribution < 1.29 is 4.92 Å². The molecule has 1 aliphatic heterocycles. The second-order valence-electron chi connectivity index (χ2n) is 4.28. The zero-order chi connectivity index (χ0) is 12.3. The Bertz CT molecular complexity index is 397. The van der Waals surface area contributed by atoms with Gasteiger partial charge in [-0.25, -0.2) is 0 Å². The molecule has 1 aliphatic rings. The zero-order valence-electron chi connectivity index (χ0n) is 10.3. The van der Waals surface area contributed by atoms with Crippen LogP contribution in [-0.4, -0.2) is 51.8 Å². The van der Waals surface area contributed by atoms with Crippen LogP contribution in [0.2, 0.25) is 0 Å². The van der Waals surface area contributed by atoms with Crippen molar-refractivity contribution in [2.24, 2.45) is 0 Å². The van der Waals surface area contributed by atoms with Gasteiger partial charge in [0.25, 0.3) is 0 Å². The van der Waals surface area contributed by atoms with E-state index in [0.29, 0.717) is 12.6 Å². The summed E-state index contributed by atoms with van der Waals surface area (Å²) < 4.78 is 1.63. The van der Waals surface area contributed by atoms with Crippen molar-refractivity contribution in [3.05, 3.63) is 22.4 Å². The number of nitro groups is 1. The average Bonchev–Trinajstić information content (AvgIpc) is 2.77. The van der Waals surface area contributed by atoms with Gasteiger partial charge in [-0.15, -0.1) is 12.4 Å². The summed E-state index contributed by atoms with van der Waals surface area (Å²) in [6.07, 6.45) is 1.66. The number of nitrogens with one attached hydrogen (secondary N) is 1. The topological polar surface area (TPSA) is 76.2 Å². The van der Waals surface area contributed by atoms with Gasteiger partial charge in [0.2, 0.25) is 0 Å². The molecule has 0 saturated carbocycles. The summed E-state index contributed by atoms with van der Waals surface area (Å²) >= 11 is 0. The molecule has 2 rings (SSSR count). The van der Waals surface area contributed by atoms with Gasteiger partial charge in [0.1, 0.15) is 0 Å². The molecule has 0 spiro atoms. The van der Waals surface area contributed by atoms with Crippen molar-refractivity contribution in [2.45, 2.75) is 19.5 Å². The molecule has 0 bridgehead atoms. The minimum absolute atomic E-state index is 0. The molecule has 1 aromatic rings. The largest absolute Gasteiger partial charge is 0.389 e. The predicted molar refractivity (Wildman–Crippen MR) is 70.0 cm³/mol. The molecule has 0 unspecified atom stereocenters. The van der Waals surface area contributed by atoms with Gasteiger partial charge in [-0.1, -0.05) is 0 Å². The van der Waals surface area contributed by atoms with E-state index in [9.17, 15) is 10.1 Å². The zero-order valence-corrected chi connectivity index (χ0v) is 11.1. The molecular formula is C10H18ClN5O2. The third-order valence-electron chi connectivity index (χ3n) is 3.07. The van der Waals surface area contributed by atoms with E-state index in [1.807, 2.05) is 0 Å². The van der Waals surface area contributed by atoms with Crippen LogP contribution in [0.3, 0.4) is 0 Å². The Morgan fingerprint density at radius 3 is 3.00 bits per heavy atom. The number of hydrogen-bond acceptors (Lipinski definition) is 5. The van der Waals surface area contributed by atoms with Gasteiger partial charge in [0.05, 0.1) is 23.9 Å². The molecule has 2 heterocycles. The first-order valence-corrected chi connectivity index (χ1v) is 5.79. The van der Waals surface area contributed by atoms with E-state index in [1.54, 1.807) is 10.9 Å². The summed E-state index contributed by atoms with van der Waals surface area (Å²) in [5.41, 5.74) is 0. The molecule has 1 atom stereocenters. The molecule has 102 valence electrons. The van der Waals surface area contributed by atoms with Gasteiger partial charge in [0.15, 0.2) is 0 Å². The van der Waals surface area contributed by atoms with Crippen LogP contribution in [0.25, 0.3) is 0 Å². The lowest BCUT2D eigenvalue weighted by Crippen LogP contribution is -2.50. The standard InChI is InChI=1S/C10H17N5O2.ClH/c1-9-8-11-3-5-13(9)6-7-14-4-2-10(12-14)15(16)17;/h2,4,9,11H,3,5-8H2,1H3;1H/t9-;/m1./s1. The normalized spacial score (nSPS) is 20.4. The summed E-state index contributed by atoms with van der Waals surface area (Å²) in [6, 6.07) is 1.94. The van der Waals surface area contributed by atoms with Crippen molar-refractivity contribution in [1.29, 1.82) is 0 Å². The van der Waals surface area contributed by atoms with Gasteiger partial charge in [-0.05, 0) is 11.8 Å². The summed E-state index contributed by atoms with van der Waals surface area (Å²) in [4.78, 5) is 12.4. The number of piperazine rings is 1. The van der Waals surface area contributed by atoms with Crippen LogP contribution in [0.1, 0.15) is 6.92 Å². The van der Waals surface area contributed by atoms with Gasteiger partial charge >= 0.3 is 5.82 Å². The first-order valence-electron chi connectivity index (χ1n) is 5.79. The maximum Gasteiger partial charge on any atom is 0.389 e. The fourth-order valence-corrected chi connectivity index (χ4v) is 2.02. The maximum absolute atomic E-state index is 10.5. The van der Waals surface area contributed by atoms with Crippen LogP contribution in [0.5, 0.6) is 0 Å². The molecule has 0 aliphatic carbocycles. The first kappa shape index (κ1) is 14.9. The van der Waals surface area contributed by atoms with Crippen LogP contribution in [0.4, 0.5) is 5.82 Å². The lowest BCUT2D eigenvalue weighted by atomic mass is 10.2. The molecule has 1 N–H and O–H groups in total. The molecule has 18 heavy (non-hydrogen) atoms. The molecular weight excluding hydrogens is 258 g/mol. The molecule has 1 fully saturated rings. The minimum atomic E-state index is -0.468. The van der Waals surface area contributed by atoms with Crippen molar-refractivity contribution in [1.82, 2.24) is 20.0 Å². The highest BCUT2D eigenvalue weighted by atomic mass is 35.5. The van der Waals surface area contributed by atoms with E-state index in [1.165, 1.54) is 6.07 Å². The van der Waals surface area contributed by atoms with E-state index in [2.05, 4.69) is 22.2 Å². The smallest absolute Gasteiger partial charge is 0.358 e. The van der Waals surface area contributed by atoms with Crippen LogP contribution < -0.4 is 5.32 Å². The van der Waals surface area contributed by atoms with E-state index < -0.39 is 4.92 Å². The quantitative estimate of drug-likeness (QED) is 0.640. The Hall–Kier alpha value is -1.18. The number of aromatic nitrogens is 2. The van der Waals surface area contributed by atoms with Crippen LogP contribution >= 0.6 is 12.4 Å². The second kappa shape index (κ2) is 6.67. The van der Waals surface area contributed by atoms with E-state index in [0.717, 1.165) is 26.2 Å². The lowest BCUT2D eigenvalue weighted by Gasteiger charge is -2.33. The van der Waals surface area contributed by atoms with E-state index >= 15 is 0 Å². The fraction of sp³-hybridized carbons (Fsp3) is 0.700. The molecule has 0 radical (unpaired) electrons. The molecule has 7 nitrogen and oxygen atoms in total. The highest BCUT2D eigenvalue weighted by Gasteiger charge is 2.18. The van der Waals surface area contributed by atoms with Gasteiger partial charge in [-0.2, -0.15) is 4.68 Å². The monoisotopic (exact) mass is 275 g/mol. The predicted octanol–water partition coefficient (Wildman–Crippen LogP) is 0.507. The molecule has 0 amide bonds.